The molecule has 3 N–H and O–H groups in total. The summed E-state index contributed by atoms with van der Waals surface area (Å²) < 4.78 is 13.1. The van der Waals surface area contributed by atoms with Crippen molar-refractivity contribution < 1.29 is 4.39 Å². The largest absolute Gasteiger partial charge is 0.370 e. The Morgan fingerprint density at radius 2 is 1.77 bits per heavy atom. The van der Waals surface area contributed by atoms with Gasteiger partial charge in [0.05, 0.1) is 6.54 Å². The van der Waals surface area contributed by atoms with Crippen molar-refractivity contribution in [3.8, 4) is 0 Å². The summed E-state index contributed by atoms with van der Waals surface area (Å²) in [4.78, 5) is 4.55. The van der Waals surface area contributed by atoms with Crippen LogP contribution in [-0.2, 0) is 5.41 Å². The lowest BCUT2D eigenvalue weighted by molar-refractivity contribution is 0.448. The van der Waals surface area contributed by atoms with Crippen molar-refractivity contribution in [1.29, 1.82) is 0 Å². The van der Waals surface area contributed by atoms with Crippen LogP contribution in [0.1, 0.15) is 52.0 Å². The van der Waals surface area contributed by atoms with E-state index < -0.39 is 0 Å². The summed E-state index contributed by atoms with van der Waals surface area (Å²) in [5.41, 5.74) is 7.07. The molecule has 1 saturated carbocycles. The zero-order valence-corrected chi connectivity index (χ0v) is 16.0. The fourth-order valence-corrected chi connectivity index (χ4v) is 3.05. The SMILES string of the molecule is CC(C)(C)NC(N)=NCC1(c2ccc(F)cc2)CCCC1.I. The number of hydrogen-bond acceptors (Lipinski definition) is 1. The first-order chi connectivity index (χ1) is 9.81. The molecule has 124 valence electrons. The molecule has 2 rings (SSSR count). The second kappa shape index (κ2) is 7.62. The van der Waals surface area contributed by atoms with E-state index in [0.717, 1.165) is 12.8 Å². The van der Waals surface area contributed by atoms with Crippen molar-refractivity contribution >= 4 is 29.9 Å². The van der Waals surface area contributed by atoms with Gasteiger partial charge in [-0.15, -0.1) is 24.0 Å². The van der Waals surface area contributed by atoms with Gasteiger partial charge in [0.1, 0.15) is 5.82 Å². The predicted octanol–water partition coefficient (Wildman–Crippen LogP) is 3.96. The Morgan fingerprint density at radius 1 is 1.23 bits per heavy atom. The summed E-state index contributed by atoms with van der Waals surface area (Å²) in [6, 6.07) is 6.86. The lowest BCUT2D eigenvalue weighted by atomic mass is 9.79. The molecular weight excluding hydrogens is 392 g/mol. The first-order valence-corrected chi connectivity index (χ1v) is 7.65. The molecule has 5 heteroatoms. The first kappa shape index (κ1) is 19.2. The van der Waals surface area contributed by atoms with Gasteiger partial charge in [-0.1, -0.05) is 25.0 Å². The smallest absolute Gasteiger partial charge is 0.189 e. The average Bonchev–Trinajstić information content (AvgIpc) is 2.85. The van der Waals surface area contributed by atoms with Crippen LogP contribution in [0.4, 0.5) is 4.39 Å². The molecule has 0 amide bonds. The summed E-state index contributed by atoms with van der Waals surface area (Å²) in [7, 11) is 0. The highest BCUT2D eigenvalue weighted by Gasteiger charge is 2.35. The van der Waals surface area contributed by atoms with Gasteiger partial charge in [0, 0.05) is 11.0 Å². The fourth-order valence-electron chi connectivity index (χ4n) is 3.05. The number of benzene rings is 1. The van der Waals surface area contributed by atoms with Crippen LogP contribution in [0.2, 0.25) is 0 Å². The Bertz CT molecular complexity index is 500. The molecule has 0 saturated heterocycles. The molecule has 0 heterocycles. The highest BCUT2D eigenvalue weighted by molar-refractivity contribution is 14.0. The Hall–Kier alpha value is -0.850. The number of rotatable bonds is 3. The zero-order chi connectivity index (χ0) is 15.5. The molecule has 0 unspecified atom stereocenters. The Morgan fingerprint density at radius 3 is 2.27 bits per heavy atom. The maximum absolute atomic E-state index is 13.1. The molecule has 0 atom stereocenters. The number of nitrogens with one attached hydrogen (secondary N) is 1. The number of aliphatic imine (C=N–C) groups is 1. The second-order valence-corrected chi connectivity index (χ2v) is 7.07. The molecule has 0 spiro atoms. The molecule has 1 aromatic carbocycles. The molecule has 1 aromatic rings. The quantitative estimate of drug-likeness (QED) is 0.443. The molecule has 3 nitrogen and oxygen atoms in total. The van der Waals surface area contributed by atoms with Gasteiger partial charge >= 0.3 is 0 Å². The third-order valence-corrected chi connectivity index (χ3v) is 4.07. The van der Waals surface area contributed by atoms with Gasteiger partial charge in [0.2, 0.25) is 0 Å². The molecule has 0 aliphatic heterocycles. The van der Waals surface area contributed by atoms with E-state index in [9.17, 15) is 4.39 Å². The summed E-state index contributed by atoms with van der Waals surface area (Å²) in [6.07, 6.45) is 4.56. The third kappa shape index (κ3) is 5.11. The maximum Gasteiger partial charge on any atom is 0.189 e. The standard InChI is InChI=1S/C17H26FN3.HI/c1-16(2,3)21-15(19)20-12-17(10-4-5-11-17)13-6-8-14(18)9-7-13;/h6-9H,4-5,10-12H2,1-3H3,(H3,19,20,21);1H. The van der Waals surface area contributed by atoms with Crippen LogP contribution in [-0.4, -0.2) is 18.0 Å². The molecule has 0 aromatic heterocycles. The minimum atomic E-state index is -0.190. The minimum absolute atomic E-state index is 0. The normalized spacial score (nSPS) is 17.9. The van der Waals surface area contributed by atoms with Gasteiger partial charge in [-0.3, -0.25) is 4.99 Å². The summed E-state index contributed by atoms with van der Waals surface area (Å²) in [5.74, 6) is 0.292. The number of guanidine groups is 1. The van der Waals surface area contributed by atoms with Crippen molar-refractivity contribution in [2.75, 3.05) is 6.54 Å². The van der Waals surface area contributed by atoms with E-state index in [0.29, 0.717) is 12.5 Å². The van der Waals surface area contributed by atoms with Crippen molar-refractivity contribution in [1.82, 2.24) is 5.32 Å². The van der Waals surface area contributed by atoms with Gasteiger partial charge in [0.25, 0.3) is 0 Å². The molecule has 22 heavy (non-hydrogen) atoms. The molecule has 1 aliphatic rings. The van der Waals surface area contributed by atoms with Crippen LogP contribution in [0.15, 0.2) is 29.3 Å². The van der Waals surface area contributed by atoms with E-state index >= 15 is 0 Å². The van der Waals surface area contributed by atoms with Crippen molar-refractivity contribution in [2.24, 2.45) is 10.7 Å². The Labute approximate surface area is 150 Å². The zero-order valence-electron chi connectivity index (χ0n) is 13.7. The van der Waals surface area contributed by atoms with Crippen LogP contribution in [0, 0.1) is 5.82 Å². The van der Waals surface area contributed by atoms with Gasteiger partial charge in [-0.25, -0.2) is 4.39 Å². The number of halogens is 2. The Balaban J connectivity index is 0.00000242. The number of nitrogens with zero attached hydrogens (tertiary/aromatic N) is 1. The van der Waals surface area contributed by atoms with E-state index in [1.807, 2.05) is 12.1 Å². The second-order valence-electron chi connectivity index (χ2n) is 7.07. The van der Waals surface area contributed by atoms with Crippen molar-refractivity contribution in [3.05, 3.63) is 35.6 Å². The molecule has 0 bridgehead atoms. The van der Waals surface area contributed by atoms with Crippen LogP contribution >= 0.6 is 24.0 Å². The highest BCUT2D eigenvalue weighted by Crippen LogP contribution is 2.41. The highest BCUT2D eigenvalue weighted by atomic mass is 127. The van der Waals surface area contributed by atoms with E-state index in [-0.39, 0.29) is 40.7 Å². The topological polar surface area (TPSA) is 50.4 Å². The lowest BCUT2D eigenvalue weighted by Gasteiger charge is -2.29. The maximum atomic E-state index is 13.1. The van der Waals surface area contributed by atoms with E-state index in [1.54, 1.807) is 0 Å². The third-order valence-electron chi connectivity index (χ3n) is 4.07. The van der Waals surface area contributed by atoms with E-state index in [2.05, 4.69) is 31.1 Å². The van der Waals surface area contributed by atoms with Crippen molar-refractivity contribution in [3.63, 3.8) is 0 Å². The lowest BCUT2D eigenvalue weighted by Crippen LogP contribution is -2.45. The van der Waals surface area contributed by atoms with E-state index in [1.165, 1.54) is 30.5 Å². The van der Waals surface area contributed by atoms with Gasteiger partial charge in [-0.2, -0.15) is 0 Å². The molecule has 1 aliphatic carbocycles. The fraction of sp³-hybridized carbons (Fsp3) is 0.588. The number of nitrogens with two attached hydrogens (primary N) is 1. The van der Waals surface area contributed by atoms with Gasteiger partial charge < -0.3 is 11.1 Å². The van der Waals surface area contributed by atoms with Crippen LogP contribution < -0.4 is 11.1 Å². The molecule has 0 radical (unpaired) electrons. The Kier molecular flexibility index (Phi) is 6.65. The summed E-state index contributed by atoms with van der Waals surface area (Å²) >= 11 is 0. The van der Waals surface area contributed by atoms with Gasteiger partial charge in [-0.05, 0) is 51.3 Å². The van der Waals surface area contributed by atoms with Crippen LogP contribution in [0.25, 0.3) is 0 Å². The number of hydrogen-bond donors (Lipinski definition) is 2. The molecule has 1 fully saturated rings. The molecular formula is C17H27FIN3. The monoisotopic (exact) mass is 419 g/mol. The first-order valence-electron chi connectivity index (χ1n) is 7.65. The summed E-state index contributed by atoms with van der Waals surface area (Å²) in [5, 5.41) is 3.19. The average molecular weight is 419 g/mol. The summed E-state index contributed by atoms with van der Waals surface area (Å²) in [6.45, 7) is 6.83. The van der Waals surface area contributed by atoms with E-state index in [4.69, 9.17) is 5.73 Å². The van der Waals surface area contributed by atoms with Crippen LogP contribution in [0.3, 0.4) is 0 Å². The van der Waals surface area contributed by atoms with Crippen molar-refractivity contribution in [2.45, 2.75) is 57.4 Å². The minimum Gasteiger partial charge on any atom is -0.370 e. The van der Waals surface area contributed by atoms with Gasteiger partial charge in [0.15, 0.2) is 5.96 Å². The van der Waals surface area contributed by atoms with Crippen LogP contribution in [0.5, 0.6) is 0 Å². The predicted molar refractivity (Wildman–Crippen MR) is 101 cm³/mol.